The van der Waals surface area contributed by atoms with Gasteiger partial charge in [0, 0.05) is 19.2 Å². The number of carbonyl (C=O) groups is 3. The Balaban J connectivity index is 1.54. The lowest BCUT2D eigenvalue weighted by Crippen LogP contribution is -2.29. The average molecular weight is 442 g/mol. The van der Waals surface area contributed by atoms with E-state index in [4.69, 9.17) is 12.2 Å². The van der Waals surface area contributed by atoms with E-state index in [-0.39, 0.29) is 18.2 Å². The molecular formula is C21H19N3O4S2. The van der Waals surface area contributed by atoms with Gasteiger partial charge in [0.15, 0.2) is 0 Å². The molecule has 1 fully saturated rings. The SMILES string of the molecule is COC(=O)c1ccc(C=C2SC(=S)N(CCCC(=O)Nc3ccccn3)C2=O)cc1. The van der Waals surface area contributed by atoms with E-state index in [2.05, 4.69) is 15.0 Å². The summed E-state index contributed by atoms with van der Waals surface area (Å²) in [6, 6.07) is 12.0. The molecule has 7 nitrogen and oxygen atoms in total. The van der Waals surface area contributed by atoms with Gasteiger partial charge in [-0.05, 0) is 42.3 Å². The molecule has 0 unspecified atom stereocenters. The summed E-state index contributed by atoms with van der Waals surface area (Å²) in [5.41, 5.74) is 1.21. The number of hydrogen-bond acceptors (Lipinski definition) is 7. The van der Waals surface area contributed by atoms with Gasteiger partial charge < -0.3 is 10.1 Å². The van der Waals surface area contributed by atoms with Crippen molar-refractivity contribution in [1.29, 1.82) is 0 Å². The van der Waals surface area contributed by atoms with E-state index in [0.717, 1.165) is 5.56 Å². The third kappa shape index (κ3) is 5.52. The van der Waals surface area contributed by atoms with Gasteiger partial charge >= 0.3 is 5.97 Å². The molecule has 0 spiro atoms. The Morgan fingerprint density at radius 2 is 2.00 bits per heavy atom. The van der Waals surface area contributed by atoms with Crippen molar-refractivity contribution in [2.75, 3.05) is 19.0 Å². The molecule has 3 rings (SSSR count). The van der Waals surface area contributed by atoms with Crippen molar-refractivity contribution in [3.63, 3.8) is 0 Å². The van der Waals surface area contributed by atoms with E-state index in [1.165, 1.54) is 23.8 Å². The quantitative estimate of drug-likeness (QED) is 0.400. The number of nitrogens with one attached hydrogen (secondary N) is 1. The fourth-order valence-electron chi connectivity index (χ4n) is 2.72. The predicted molar refractivity (Wildman–Crippen MR) is 120 cm³/mol. The summed E-state index contributed by atoms with van der Waals surface area (Å²) < 4.78 is 5.13. The number of nitrogens with zero attached hydrogens (tertiary/aromatic N) is 2. The van der Waals surface area contributed by atoms with E-state index in [1.54, 1.807) is 54.7 Å². The molecule has 1 saturated heterocycles. The number of aromatic nitrogens is 1. The number of hydrogen-bond donors (Lipinski definition) is 1. The summed E-state index contributed by atoms with van der Waals surface area (Å²) in [6.45, 7) is 0.360. The number of benzene rings is 1. The molecule has 0 radical (unpaired) electrons. The Labute approximate surface area is 183 Å². The summed E-state index contributed by atoms with van der Waals surface area (Å²) in [4.78, 5) is 42.2. The average Bonchev–Trinajstić information content (AvgIpc) is 3.01. The van der Waals surface area contributed by atoms with Crippen molar-refractivity contribution >= 4 is 58.0 Å². The number of carbonyl (C=O) groups excluding carboxylic acids is 3. The van der Waals surface area contributed by atoms with Crippen LogP contribution in [-0.4, -0.2) is 45.6 Å². The number of thiocarbonyl (C=S) groups is 1. The molecule has 1 aromatic heterocycles. The van der Waals surface area contributed by atoms with E-state index in [9.17, 15) is 14.4 Å². The molecule has 0 bridgehead atoms. The first kappa shape index (κ1) is 21.7. The van der Waals surface area contributed by atoms with Gasteiger partial charge in [-0.25, -0.2) is 9.78 Å². The van der Waals surface area contributed by atoms with Crippen LogP contribution in [0.1, 0.15) is 28.8 Å². The Hall–Kier alpha value is -3.04. The van der Waals surface area contributed by atoms with Crippen LogP contribution in [0.2, 0.25) is 0 Å². The minimum atomic E-state index is -0.417. The molecule has 0 saturated carbocycles. The molecule has 9 heteroatoms. The maximum Gasteiger partial charge on any atom is 0.337 e. The highest BCUT2D eigenvalue weighted by Crippen LogP contribution is 2.32. The number of esters is 1. The smallest absolute Gasteiger partial charge is 0.337 e. The topological polar surface area (TPSA) is 88.6 Å². The normalized spacial score (nSPS) is 14.8. The van der Waals surface area contributed by atoms with Gasteiger partial charge in [0.1, 0.15) is 10.1 Å². The molecule has 0 atom stereocenters. The summed E-state index contributed by atoms with van der Waals surface area (Å²) in [7, 11) is 1.32. The van der Waals surface area contributed by atoms with Crippen LogP contribution in [0.15, 0.2) is 53.6 Å². The van der Waals surface area contributed by atoms with Gasteiger partial charge in [-0.3, -0.25) is 14.5 Å². The zero-order valence-electron chi connectivity index (χ0n) is 16.2. The monoisotopic (exact) mass is 441 g/mol. The van der Waals surface area contributed by atoms with Crippen molar-refractivity contribution in [1.82, 2.24) is 9.88 Å². The molecule has 1 aliphatic heterocycles. The van der Waals surface area contributed by atoms with E-state index in [1.807, 2.05) is 0 Å². The van der Waals surface area contributed by atoms with Gasteiger partial charge in [-0.2, -0.15) is 0 Å². The Morgan fingerprint density at radius 1 is 1.23 bits per heavy atom. The summed E-state index contributed by atoms with van der Waals surface area (Å²) in [5, 5.41) is 2.71. The number of rotatable bonds is 7. The number of anilines is 1. The molecule has 154 valence electrons. The first-order chi connectivity index (χ1) is 14.5. The van der Waals surface area contributed by atoms with Gasteiger partial charge in [0.2, 0.25) is 5.91 Å². The molecular weight excluding hydrogens is 422 g/mol. The molecule has 2 amide bonds. The molecule has 2 heterocycles. The lowest BCUT2D eigenvalue weighted by Gasteiger charge is -2.14. The van der Waals surface area contributed by atoms with E-state index < -0.39 is 5.97 Å². The Bertz CT molecular complexity index is 991. The van der Waals surface area contributed by atoms with E-state index >= 15 is 0 Å². The van der Waals surface area contributed by atoms with Crippen LogP contribution in [0.3, 0.4) is 0 Å². The highest BCUT2D eigenvalue weighted by Gasteiger charge is 2.31. The maximum absolute atomic E-state index is 12.7. The third-order valence-electron chi connectivity index (χ3n) is 4.22. The molecule has 1 aromatic carbocycles. The molecule has 1 N–H and O–H groups in total. The molecule has 30 heavy (non-hydrogen) atoms. The van der Waals surface area contributed by atoms with Crippen molar-refractivity contribution in [3.8, 4) is 0 Å². The van der Waals surface area contributed by atoms with Gasteiger partial charge in [-0.1, -0.05) is 42.2 Å². The summed E-state index contributed by atoms with van der Waals surface area (Å²) >= 11 is 6.54. The number of methoxy groups -OCH3 is 1. The fourth-order valence-corrected chi connectivity index (χ4v) is 4.03. The lowest BCUT2D eigenvalue weighted by molar-refractivity contribution is -0.122. The zero-order valence-corrected chi connectivity index (χ0v) is 17.8. The Morgan fingerprint density at radius 3 is 2.67 bits per heavy atom. The van der Waals surface area contributed by atoms with Crippen LogP contribution >= 0.6 is 24.0 Å². The molecule has 0 aliphatic carbocycles. The van der Waals surface area contributed by atoms with Crippen molar-refractivity contribution in [2.24, 2.45) is 0 Å². The van der Waals surface area contributed by atoms with Crippen LogP contribution in [0.5, 0.6) is 0 Å². The van der Waals surface area contributed by atoms with Crippen molar-refractivity contribution < 1.29 is 19.1 Å². The van der Waals surface area contributed by atoms with Crippen LogP contribution in [-0.2, 0) is 14.3 Å². The van der Waals surface area contributed by atoms with E-state index in [0.29, 0.717) is 33.6 Å². The highest BCUT2D eigenvalue weighted by molar-refractivity contribution is 8.26. The Kier molecular flexibility index (Phi) is 7.31. The number of ether oxygens (including phenoxy) is 1. The lowest BCUT2D eigenvalue weighted by atomic mass is 10.1. The largest absolute Gasteiger partial charge is 0.465 e. The van der Waals surface area contributed by atoms with Gasteiger partial charge in [0.25, 0.3) is 5.91 Å². The number of thioether (sulfide) groups is 1. The summed E-state index contributed by atoms with van der Waals surface area (Å²) in [5.74, 6) is -0.276. The minimum Gasteiger partial charge on any atom is -0.465 e. The highest BCUT2D eigenvalue weighted by atomic mass is 32.2. The first-order valence-corrected chi connectivity index (χ1v) is 10.3. The van der Waals surface area contributed by atoms with Crippen molar-refractivity contribution in [2.45, 2.75) is 12.8 Å². The second-order valence-electron chi connectivity index (χ2n) is 6.31. The fraction of sp³-hybridized carbons (Fsp3) is 0.190. The van der Waals surface area contributed by atoms with Crippen LogP contribution < -0.4 is 5.32 Å². The predicted octanol–water partition coefficient (Wildman–Crippen LogP) is 3.49. The minimum absolute atomic E-state index is 0.166. The van der Waals surface area contributed by atoms with Crippen LogP contribution in [0.25, 0.3) is 6.08 Å². The first-order valence-electron chi connectivity index (χ1n) is 9.12. The van der Waals surface area contributed by atoms with Crippen LogP contribution in [0.4, 0.5) is 5.82 Å². The maximum atomic E-state index is 12.7. The summed E-state index contributed by atoms with van der Waals surface area (Å²) in [6.07, 6.45) is 4.06. The second kappa shape index (κ2) is 10.1. The molecule has 1 aliphatic rings. The number of pyridine rings is 1. The molecule has 2 aromatic rings. The van der Waals surface area contributed by atoms with Crippen LogP contribution in [0, 0.1) is 0 Å². The second-order valence-corrected chi connectivity index (χ2v) is 7.99. The van der Waals surface area contributed by atoms with Gasteiger partial charge in [0.05, 0.1) is 17.6 Å². The van der Waals surface area contributed by atoms with Gasteiger partial charge in [-0.15, -0.1) is 0 Å². The number of amides is 2. The zero-order chi connectivity index (χ0) is 21.5. The third-order valence-corrected chi connectivity index (χ3v) is 5.60. The van der Waals surface area contributed by atoms with Crippen molar-refractivity contribution in [3.05, 3.63) is 64.7 Å². The standard InChI is InChI=1S/C21H19N3O4S2/c1-28-20(27)15-9-7-14(8-10-15)13-16-19(26)24(21(29)30-16)12-4-6-18(25)23-17-5-2-3-11-22-17/h2-3,5,7-11,13H,4,6,12H2,1H3,(H,22,23,25).